The van der Waals surface area contributed by atoms with Crippen molar-refractivity contribution < 1.29 is 19.1 Å². The second kappa shape index (κ2) is 8.79. The molecule has 3 heterocycles. The maximum absolute atomic E-state index is 12.4. The molecule has 0 radical (unpaired) electrons. The molecule has 0 spiro atoms. The predicted molar refractivity (Wildman–Crippen MR) is 103 cm³/mol. The van der Waals surface area contributed by atoms with Crippen LogP contribution in [-0.4, -0.2) is 97.6 Å². The van der Waals surface area contributed by atoms with Crippen molar-refractivity contribution in [2.75, 3.05) is 65.7 Å². The Bertz CT molecular complexity index is 697. The SMILES string of the molecule is O=CN1CCN(C(=O)CCN2CCN(Cc3ccc4c(c3)OCO4)CC2)CC1. The van der Waals surface area contributed by atoms with E-state index in [2.05, 4.69) is 21.9 Å². The number of carbonyl (C=O) groups excluding carboxylic acids is 2. The van der Waals surface area contributed by atoms with Crippen molar-refractivity contribution in [3.05, 3.63) is 23.8 Å². The first-order valence-electron chi connectivity index (χ1n) is 10.0. The largest absolute Gasteiger partial charge is 0.454 e. The summed E-state index contributed by atoms with van der Waals surface area (Å²) in [6.07, 6.45) is 1.42. The van der Waals surface area contributed by atoms with E-state index in [-0.39, 0.29) is 5.91 Å². The molecule has 1 aromatic carbocycles. The number of rotatable bonds is 6. The van der Waals surface area contributed by atoms with Crippen molar-refractivity contribution in [3.63, 3.8) is 0 Å². The standard InChI is InChI=1S/C20H28N4O4/c25-15-23-9-11-24(12-10-23)20(26)3-4-21-5-7-22(8-6-21)14-17-1-2-18-19(13-17)28-16-27-18/h1-2,13,15H,3-12,14,16H2. The van der Waals surface area contributed by atoms with Crippen molar-refractivity contribution in [3.8, 4) is 11.5 Å². The van der Waals surface area contributed by atoms with Crippen molar-refractivity contribution in [1.29, 1.82) is 0 Å². The highest BCUT2D eigenvalue weighted by molar-refractivity contribution is 5.76. The summed E-state index contributed by atoms with van der Waals surface area (Å²) in [6, 6.07) is 6.15. The maximum atomic E-state index is 12.4. The molecule has 28 heavy (non-hydrogen) atoms. The van der Waals surface area contributed by atoms with Crippen LogP contribution in [0, 0.1) is 0 Å². The number of amides is 2. The number of nitrogens with zero attached hydrogens (tertiary/aromatic N) is 4. The zero-order valence-electron chi connectivity index (χ0n) is 16.2. The highest BCUT2D eigenvalue weighted by Gasteiger charge is 2.22. The number of carbonyl (C=O) groups is 2. The third kappa shape index (κ3) is 4.56. The fraction of sp³-hybridized carbons (Fsp3) is 0.600. The highest BCUT2D eigenvalue weighted by Crippen LogP contribution is 2.32. The number of hydrogen-bond donors (Lipinski definition) is 0. The third-order valence-electron chi connectivity index (χ3n) is 5.77. The molecule has 0 aliphatic carbocycles. The quantitative estimate of drug-likeness (QED) is 0.650. The van der Waals surface area contributed by atoms with Crippen molar-refractivity contribution in [1.82, 2.24) is 19.6 Å². The first-order chi connectivity index (χ1) is 13.7. The topological polar surface area (TPSA) is 65.6 Å². The summed E-state index contributed by atoms with van der Waals surface area (Å²) < 4.78 is 10.8. The van der Waals surface area contributed by atoms with E-state index in [1.165, 1.54) is 5.56 Å². The molecule has 0 saturated carbocycles. The van der Waals surface area contributed by atoms with Gasteiger partial charge in [0.05, 0.1) is 0 Å². The molecule has 2 saturated heterocycles. The molecule has 152 valence electrons. The van der Waals surface area contributed by atoms with E-state index in [1.807, 2.05) is 11.0 Å². The van der Waals surface area contributed by atoms with Gasteiger partial charge in [0.25, 0.3) is 0 Å². The van der Waals surface area contributed by atoms with E-state index in [4.69, 9.17) is 9.47 Å². The molecule has 1 aromatic rings. The summed E-state index contributed by atoms with van der Waals surface area (Å²) in [6.45, 7) is 8.59. The fourth-order valence-electron chi connectivity index (χ4n) is 3.96. The number of fused-ring (bicyclic) bond motifs is 1. The van der Waals surface area contributed by atoms with Gasteiger partial charge in [-0.3, -0.25) is 14.5 Å². The summed E-state index contributed by atoms with van der Waals surface area (Å²) >= 11 is 0. The van der Waals surface area contributed by atoms with Crippen LogP contribution < -0.4 is 9.47 Å². The Hall–Kier alpha value is -2.32. The third-order valence-corrected chi connectivity index (χ3v) is 5.77. The van der Waals surface area contributed by atoms with Crippen LogP contribution in [0.5, 0.6) is 11.5 Å². The van der Waals surface area contributed by atoms with Gasteiger partial charge in [-0.05, 0) is 17.7 Å². The first-order valence-corrected chi connectivity index (χ1v) is 10.0. The van der Waals surface area contributed by atoms with Crippen LogP contribution in [0.2, 0.25) is 0 Å². The van der Waals surface area contributed by atoms with E-state index in [9.17, 15) is 9.59 Å². The minimum atomic E-state index is 0.202. The summed E-state index contributed by atoms with van der Waals surface area (Å²) in [5.74, 6) is 1.86. The minimum Gasteiger partial charge on any atom is -0.454 e. The van der Waals surface area contributed by atoms with Gasteiger partial charge in [0.1, 0.15) is 0 Å². The van der Waals surface area contributed by atoms with Crippen LogP contribution >= 0.6 is 0 Å². The molecule has 3 aliphatic heterocycles. The Balaban J connectivity index is 1.16. The van der Waals surface area contributed by atoms with Gasteiger partial charge in [0.2, 0.25) is 19.1 Å². The molecule has 8 nitrogen and oxygen atoms in total. The molecule has 4 rings (SSSR count). The van der Waals surface area contributed by atoms with Crippen LogP contribution in [0.1, 0.15) is 12.0 Å². The van der Waals surface area contributed by atoms with Crippen LogP contribution in [0.3, 0.4) is 0 Å². The smallest absolute Gasteiger partial charge is 0.231 e. The monoisotopic (exact) mass is 388 g/mol. The number of ether oxygens (including phenoxy) is 2. The lowest BCUT2D eigenvalue weighted by Gasteiger charge is -2.36. The average molecular weight is 388 g/mol. The number of hydrogen-bond acceptors (Lipinski definition) is 6. The Kier molecular flexibility index (Phi) is 5.97. The lowest BCUT2D eigenvalue weighted by molar-refractivity contribution is -0.135. The zero-order valence-corrected chi connectivity index (χ0v) is 16.2. The normalized spacial score (nSPS) is 20.4. The van der Waals surface area contributed by atoms with Gasteiger partial charge in [-0.15, -0.1) is 0 Å². The maximum Gasteiger partial charge on any atom is 0.231 e. The highest BCUT2D eigenvalue weighted by atomic mass is 16.7. The Morgan fingerprint density at radius 1 is 0.929 bits per heavy atom. The lowest BCUT2D eigenvalue weighted by atomic mass is 10.1. The van der Waals surface area contributed by atoms with Gasteiger partial charge in [-0.2, -0.15) is 0 Å². The van der Waals surface area contributed by atoms with Gasteiger partial charge in [0, 0.05) is 71.9 Å². The summed E-state index contributed by atoms with van der Waals surface area (Å²) in [5, 5.41) is 0. The van der Waals surface area contributed by atoms with Crippen molar-refractivity contribution in [2.24, 2.45) is 0 Å². The van der Waals surface area contributed by atoms with Crippen molar-refractivity contribution in [2.45, 2.75) is 13.0 Å². The zero-order chi connectivity index (χ0) is 19.3. The van der Waals surface area contributed by atoms with Crippen LogP contribution in [0.25, 0.3) is 0 Å². The molecule has 0 aromatic heterocycles. The summed E-state index contributed by atoms with van der Waals surface area (Å²) in [5.41, 5.74) is 1.24. The molecule has 0 atom stereocenters. The molecule has 0 bridgehead atoms. The number of piperazine rings is 2. The van der Waals surface area contributed by atoms with E-state index >= 15 is 0 Å². The predicted octanol–water partition coefficient (Wildman–Crippen LogP) is 0.224. The second-order valence-electron chi connectivity index (χ2n) is 7.58. The van der Waals surface area contributed by atoms with E-state index in [0.29, 0.717) is 39.4 Å². The molecule has 3 aliphatic rings. The summed E-state index contributed by atoms with van der Waals surface area (Å²) in [7, 11) is 0. The van der Waals surface area contributed by atoms with Crippen LogP contribution in [-0.2, 0) is 16.1 Å². The first kappa shape index (κ1) is 19.0. The van der Waals surface area contributed by atoms with Crippen molar-refractivity contribution >= 4 is 12.3 Å². The van der Waals surface area contributed by atoms with Crippen LogP contribution in [0.15, 0.2) is 18.2 Å². The summed E-state index contributed by atoms with van der Waals surface area (Å²) in [4.78, 5) is 31.6. The van der Waals surface area contributed by atoms with Gasteiger partial charge in [-0.1, -0.05) is 6.07 Å². The second-order valence-corrected chi connectivity index (χ2v) is 7.58. The molecule has 2 amide bonds. The van der Waals surface area contributed by atoms with E-state index in [0.717, 1.165) is 57.2 Å². The number of benzene rings is 1. The average Bonchev–Trinajstić information content (AvgIpc) is 3.21. The Morgan fingerprint density at radius 3 is 2.39 bits per heavy atom. The fourth-order valence-corrected chi connectivity index (χ4v) is 3.96. The molecule has 2 fully saturated rings. The van der Waals surface area contributed by atoms with Crippen LogP contribution in [0.4, 0.5) is 0 Å². The Morgan fingerprint density at radius 2 is 1.64 bits per heavy atom. The molecular formula is C20H28N4O4. The molecule has 0 unspecified atom stereocenters. The van der Waals surface area contributed by atoms with Gasteiger partial charge < -0.3 is 24.2 Å². The van der Waals surface area contributed by atoms with E-state index < -0.39 is 0 Å². The Labute approximate surface area is 165 Å². The van der Waals surface area contributed by atoms with E-state index in [1.54, 1.807) is 4.90 Å². The molecule has 0 N–H and O–H groups in total. The molecule has 8 heteroatoms. The van der Waals surface area contributed by atoms with Gasteiger partial charge in [0.15, 0.2) is 11.5 Å². The minimum absolute atomic E-state index is 0.202. The molecular weight excluding hydrogens is 360 g/mol. The van der Waals surface area contributed by atoms with Gasteiger partial charge >= 0.3 is 0 Å². The van der Waals surface area contributed by atoms with Gasteiger partial charge in [-0.25, -0.2) is 0 Å². The lowest BCUT2D eigenvalue weighted by Crippen LogP contribution is -2.50.